The van der Waals surface area contributed by atoms with E-state index in [1.54, 1.807) is 36.4 Å². The lowest BCUT2D eigenvalue weighted by atomic mass is 9.99. The van der Waals surface area contributed by atoms with Crippen LogP contribution in [0, 0.1) is 26.6 Å². The molecule has 0 fully saturated rings. The van der Waals surface area contributed by atoms with E-state index in [2.05, 4.69) is 5.32 Å². The van der Waals surface area contributed by atoms with E-state index in [-0.39, 0.29) is 23.4 Å². The Morgan fingerprint density at radius 2 is 1.66 bits per heavy atom. The molecule has 3 aromatic rings. The van der Waals surface area contributed by atoms with Crippen LogP contribution < -0.4 is 5.32 Å². The van der Waals surface area contributed by atoms with Crippen molar-refractivity contribution >= 4 is 34.7 Å². The Hall–Kier alpha value is -3.44. The van der Waals surface area contributed by atoms with Gasteiger partial charge in [0.15, 0.2) is 0 Å². The summed E-state index contributed by atoms with van der Waals surface area (Å²) >= 11 is 6.25. The third kappa shape index (κ3) is 3.92. The number of anilines is 1. The maximum absolute atomic E-state index is 14.3. The number of benzene rings is 3. The molecule has 0 bridgehead atoms. The Kier molecular flexibility index (Phi) is 5.85. The maximum atomic E-state index is 14.3. The van der Waals surface area contributed by atoms with Gasteiger partial charge in [-0.25, -0.2) is 4.39 Å². The van der Waals surface area contributed by atoms with E-state index < -0.39 is 17.6 Å². The van der Waals surface area contributed by atoms with E-state index in [9.17, 15) is 14.0 Å². The minimum atomic E-state index is -0.508. The van der Waals surface area contributed by atoms with Crippen molar-refractivity contribution in [1.29, 1.82) is 0 Å². The summed E-state index contributed by atoms with van der Waals surface area (Å²) in [6.45, 7) is 5.61. The molecule has 4 rings (SSSR count). The standard InChI is InChI=1S/C26H22ClFN2O2/c1-15-11-12-18(13-16(15)2)23-24(29-22-10-6-8-20(27)17(22)3)26(32)30(25(23)31)14-19-7-4-5-9-21(19)28/h4-13,29H,14H2,1-3H3. The van der Waals surface area contributed by atoms with Gasteiger partial charge in [-0.2, -0.15) is 0 Å². The summed E-state index contributed by atoms with van der Waals surface area (Å²) in [6, 6.07) is 17.1. The number of imide groups is 1. The van der Waals surface area contributed by atoms with Gasteiger partial charge in [0, 0.05) is 16.3 Å². The summed E-state index contributed by atoms with van der Waals surface area (Å²) in [5, 5.41) is 3.68. The Morgan fingerprint density at radius 1 is 0.906 bits per heavy atom. The highest BCUT2D eigenvalue weighted by Crippen LogP contribution is 2.34. The zero-order valence-electron chi connectivity index (χ0n) is 18.0. The van der Waals surface area contributed by atoms with E-state index in [4.69, 9.17) is 11.6 Å². The van der Waals surface area contributed by atoms with E-state index in [0.717, 1.165) is 21.6 Å². The van der Waals surface area contributed by atoms with Crippen LogP contribution in [0.25, 0.3) is 5.57 Å². The van der Waals surface area contributed by atoms with Crippen LogP contribution in [0.5, 0.6) is 0 Å². The molecule has 4 nitrogen and oxygen atoms in total. The molecule has 0 aromatic heterocycles. The first-order valence-electron chi connectivity index (χ1n) is 10.2. The molecule has 162 valence electrons. The number of aryl methyl sites for hydroxylation is 2. The van der Waals surface area contributed by atoms with Crippen molar-refractivity contribution in [2.75, 3.05) is 5.32 Å². The summed E-state index contributed by atoms with van der Waals surface area (Å²) in [6.07, 6.45) is 0. The molecule has 3 aromatic carbocycles. The van der Waals surface area contributed by atoms with Crippen LogP contribution in [0.4, 0.5) is 10.1 Å². The smallest absolute Gasteiger partial charge is 0.278 e. The average molecular weight is 449 g/mol. The Morgan fingerprint density at radius 3 is 2.38 bits per heavy atom. The minimum Gasteiger partial charge on any atom is -0.350 e. The molecule has 6 heteroatoms. The summed E-state index contributed by atoms with van der Waals surface area (Å²) in [5.41, 5.74) is 4.78. The number of nitrogens with one attached hydrogen (secondary N) is 1. The van der Waals surface area contributed by atoms with Gasteiger partial charge in [0.1, 0.15) is 11.5 Å². The molecule has 0 atom stereocenters. The highest BCUT2D eigenvalue weighted by molar-refractivity contribution is 6.36. The molecule has 0 aliphatic carbocycles. The van der Waals surface area contributed by atoms with E-state index >= 15 is 0 Å². The lowest BCUT2D eigenvalue weighted by Gasteiger charge is -2.16. The Bertz CT molecular complexity index is 1280. The molecule has 1 N–H and O–H groups in total. The molecule has 0 radical (unpaired) electrons. The maximum Gasteiger partial charge on any atom is 0.278 e. The molecule has 0 saturated heterocycles. The van der Waals surface area contributed by atoms with Crippen LogP contribution in [0.15, 0.2) is 66.4 Å². The number of carbonyl (C=O) groups is 2. The molecule has 32 heavy (non-hydrogen) atoms. The van der Waals surface area contributed by atoms with Crippen molar-refractivity contribution in [2.24, 2.45) is 0 Å². The van der Waals surface area contributed by atoms with Crippen LogP contribution in [0.3, 0.4) is 0 Å². The fourth-order valence-electron chi connectivity index (χ4n) is 3.67. The highest BCUT2D eigenvalue weighted by Gasteiger charge is 2.39. The van der Waals surface area contributed by atoms with Crippen LogP contribution in [-0.2, 0) is 16.1 Å². The second kappa shape index (κ2) is 8.60. The van der Waals surface area contributed by atoms with Gasteiger partial charge >= 0.3 is 0 Å². The van der Waals surface area contributed by atoms with Gasteiger partial charge in [-0.15, -0.1) is 0 Å². The van der Waals surface area contributed by atoms with Crippen LogP contribution in [-0.4, -0.2) is 16.7 Å². The Labute approximate surface area is 191 Å². The molecular formula is C26H22ClFN2O2. The fourth-order valence-corrected chi connectivity index (χ4v) is 3.85. The normalized spacial score (nSPS) is 13.8. The molecule has 1 heterocycles. The largest absolute Gasteiger partial charge is 0.350 e. The first-order valence-corrected chi connectivity index (χ1v) is 10.6. The lowest BCUT2D eigenvalue weighted by Crippen LogP contribution is -2.32. The zero-order chi connectivity index (χ0) is 23.0. The number of hydrogen-bond donors (Lipinski definition) is 1. The van der Waals surface area contributed by atoms with Gasteiger partial charge in [-0.3, -0.25) is 14.5 Å². The first kappa shape index (κ1) is 21.8. The minimum absolute atomic E-state index is 0.153. The van der Waals surface area contributed by atoms with Gasteiger partial charge < -0.3 is 5.32 Å². The third-order valence-corrected chi connectivity index (χ3v) is 6.19. The molecular weight excluding hydrogens is 427 g/mol. The van der Waals surface area contributed by atoms with Crippen molar-refractivity contribution in [3.8, 4) is 0 Å². The summed E-state index contributed by atoms with van der Waals surface area (Å²) in [5.74, 6) is -1.44. The topological polar surface area (TPSA) is 49.4 Å². The highest BCUT2D eigenvalue weighted by atomic mass is 35.5. The predicted octanol–water partition coefficient (Wildman–Crippen LogP) is 5.80. The molecule has 0 spiro atoms. The van der Waals surface area contributed by atoms with Gasteiger partial charge in [0.25, 0.3) is 11.8 Å². The predicted molar refractivity (Wildman–Crippen MR) is 125 cm³/mol. The number of rotatable bonds is 5. The van der Waals surface area contributed by atoms with Crippen LogP contribution in [0.2, 0.25) is 5.02 Å². The van der Waals surface area contributed by atoms with Gasteiger partial charge in [0.05, 0.1) is 12.1 Å². The van der Waals surface area contributed by atoms with Crippen molar-refractivity contribution in [3.05, 3.63) is 105 Å². The number of halogens is 2. The molecule has 0 unspecified atom stereocenters. The van der Waals surface area contributed by atoms with E-state index in [0.29, 0.717) is 16.3 Å². The first-order chi connectivity index (χ1) is 15.3. The third-order valence-electron chi connectivity index (χ3n) is 5.78. The number of carbonyl (C=O) groups excluding carboxylic acids is 2. The second-order valence-corrected chi connectivity index (χ2v) is 8.28. The van der Waals surface area contributed by atoms with Crippen LogP contribution in [0.1, 0.15) is 27.8 Å². The van der Waals surface area contributed by atoms with Crippen LogP contribution >= 0.6 is 11.6 Å². The average Bonchev–Trinajstić information content (AvgIpc) is 2.99. The zero-order valence-corrected chi connectivity index (χ0v) is 18.8. The van der Waals surface area contributed by atoms with Gasteiger partial charge in [-0.05, 0) is 61.2 Å². The molecule has 2 amide bonds. The summed E-state index contributed by atoms with van der Waals surface area (Å²) in [4.78, 5) is 27.9. The number of amides is 2. The van der Waals surface area contributed by atoms with Crippen molar-refractivity contribution < 1.29 is 14.0 Å². The molecule has 0 saturated carbocycles. The van der Waals surface area contributed by atoms with Gasteiger partial charge in [0.2, 0.25) is 0 Å². The quantitative estimate of drug-likeness (QED) is 0.502. The SMILES string of the molecule is Cc1ccc(C2=C(Nc3cccc(Cl)c3C)C(=O)N(Cc3ccccc3F)C2=O)cc1C. The number of nitrogens with zero attached hydrogens (tertiary/aromatic N) is 1. The summed E-state index contributed by atoms with van der Waals surface area (Å²) < 4.78 is 14.3. The van der Waals surface area contributed by atoms with Crippen molar-refractivity contribution in [2.45, 2.75) is 27.3 Å². The summed E-state index contributed by atoms with van der Waals surface area (Å²) in [7, 11) is 0. The van der Waals surface area contributed by atoms with Crippen molar-refractivity contribution in [3.63, 3.8) is 0 Å². The Balaban J connectivity index is 1.81. The van der Waals surface area contributed by atoms with E-state index in [1.807, 2.05) is 39.0 Å². The van der Waals surface area contributed by atoms with E-state index in [1.165, 1.54) is 6.07 Å². The monoisotopic (exact) mass is 448 g/mol. The number of hydrogen-bond acceptors (Lipinski definition) is 3. The fraction of sp³-hybridized carbons (Fsp3) is 0.154. The molecule has 1 aliphatic rings. The van der Waals surface area contributed by atoms with Gasteiger partial charge in [-0.1, -0.05) is 54.1 Å². The van der Waals surface area contributed by atoms with Crippen molar-refractivity contribution in [1.82, 2.24) is 4.90 Å². The second-order valence-electron chi connectivity index (χ2n) is 7.87. The lowest BCUT2D eigenvalue weighted by molar-refractivity contribution is -0.137. The molecule has 1 aliphatic heterocycles.